The minimum Gasteiger partial charge on any atom is -0.461 e. The van der Waals surface area contributed by atoms with E-state index >= 15 is 0 Å². The molecule has 8 heteroatoms. The van der Waals surface area contributed by atoms with E-state index in [0.29, 0.717) is 5.69 Å². The van der Waals surface area contributed by atoms with Crippen molar-refractivity contribution in [3.8, 4) is 5.69 Å². The van der Waals surface area contributed by atoms with E-state index in [1.807, 2.05) is 18.2 Å². The molecule has 0 bridgehead atoms. The van der Waals surface area contributed by atoms with Crippen LogP contribution in [0.5, 0.6) is 0 Å². The number of carbonyl (C=O) groups is 2. The lowest BCUT2D eigenvalue weighted by Crippen LogP contribution is -2.12. The number of hydrogen-bond donors (Lipinski definition) is 0. The van der Waals surface area contributed by atoms with Crippen LogP contribution in [0.2, 0.25) is 0 Å². The molecule has 0 saturated heterocycles. The monoisotopic (exact) mass is 460 g/mol. The van der Waals surface area contributed by atoms with Gasteiger partial charge in [0.25, 0.3) is 0 Å². The lowest BCUT2D eigenvalue weighted by molar-refractivity contribution is 0.0516. The van der Waals surface area contributed by atoms with Gasteiger partial charge in [-0.2, -0.15) is 5.10 Å². The molecule has 0 radical (unpaired) electrons. The van der Waals surface area contributed by atoms with E-state index in [4.69, 9.17) is 4.74 Å². The van der Waals surface area contributed by atoms with Crippen molar-refractivity contribution in [1.29, 1.82) is 0 Å². The fourth-order valence-electron chi connectivity index (χ4n) is 3.28. The first-order valence-corrected chi connectivity index (χ1v) is 11.7. The van der Waals surface area contributed by atoms with Crippen LogP contribution in [0.3, 0.4) is 0 Å². The van der Waals surface area contributed by atoms with Crippen molar-refractivity contribution in [1.82, 2.24) is 9.78 Å². The van der Waals surface area contributed by atoms with Crippen LogP contribution in [0.15, 0.2) is 101 Å². The van der Waals surface area contributed by atoms with E-state index in [1.54, 1.807) is 37.3 Å². The maximum Gasteiger partial charge on any atom is 0.359 e. The smallest absolute Gasteiger partial charge is 0.359 e. The molecule has 0 saturated carbocycles. The van der Waals surface area contributed by atoms with Crippen molar-refractivity contribution >= 4 is 21.6 Å². The van der Waals surface area contributed by atoms with Gasteiger partial charge < -0.3 is 4.74 Å². The topological polar surface area (TPSA) is 95.3 Å². The Morgan fingerprint density at radius 3 is 2.03 bits per heavy atom. The molecule has 0 unspecified atom stereocenters. The van der Waals surface area contributed by atoms with Crippen LogP contribution in [0.25, 0.3) is 5.69 Å². The Kier molecular flexibility index (Phi) is 6.19. The molecule has 0 aliphatic rings. The minimum absolute atomic E-state index is 0.0656. The SMILES string of the molecule is CCOC(=O)c1nn(-c2ccccc2)cc1C(=O)c1ccc(S(=O)(=O)c2ccccc2)cc1. The summed E-state index contributed by atoms with van der Waals surface area (Å²) in [5.41, 5.74) is 0.856. The number of esters is 1. The Labute approximate surface area is 191 Å². The van der Waals surface area contributed by atoms with Gasteiger partial charge >= 0.3 is 5.97 Å². The zero-order valence-electron chi connectivity index (χ0n) is 17.7. The van der Waals surface area contributed by atoms with Crippen LogP contribution in [-0.4, -0.2) is 36.6 Å². The van der Waals surface area contributed by atoms with Crippen molar-refractivity contribution < 1.29 is 22.7 Å². The van der Waals surface area contributed by atoms with Crippen LogP contribution >= 0.6 is 0 Å². The van der Waals surface area contributed by atoms with E-state index in [-0.39, 0.29) is 33.2 Å². The van der Waals surface area contributed by atoms with Gasteiger partial charge in [0.2, 0.25) is 9.84 Å². The summed E-state index contributed by atoms with van der Waals surface area (Å²) in [7, 11) is -3.71. The Balaban J connectivity index is 1.70. The fourth-order valence-corrected chi connectivity index (χ4v) is 4.56. The second-order valence-electron chi connectivity index (χ2n) is 7.06. The van der Waals surface area contributed by atoms with E-state index in [0.717, 1.165) is 0 Å². The molecule has 0 aliphatic heterocycles. The zero-order chi connectivity index (χ0) is 23.4. The second kappa shape index (κ2) is 9.22. The lowest BCUT2D eigenvalue weighted by atomic mass is 10.0. The van der Waals surface area contributed by atoms with Gasteiger partial charge in [-0.25, -0.2) is 17.9 Å². The average molecular weight is 461 g/mol. The predicted molar refractivity (Wildman–Crippen MR) is 121 cm³/mol. The number of aromatic nitrogens is 2. The number of carbonyl (C=O) groups excluding carboxylic acids is 2. The van der Waals surface area contributed by atoms with Crippen LogP contribution in [0, 0.1) is 0 Å². The highest BCUT2D eigenvalue weighted by Gasteiger charge is 2.25. The highest BCUT2D eigenvalue weighted by molar-refractivity contribution is 7.91. The van der Waals surface area contributed by atoms with Gasteiger partial charge in [-0.3, -0.25) is 4.79 Å². The molecule has 3 aromatic carbocycles. The summed E-state index contributed by atoms with van der Waals surface area (Å²) in [6, 6.07) is 22.7. The van der Waals surface area contributed by atoms with E-state index in [1.165, 1.54) is 47.3 Å². The van der Waals surface area contributed by atoms with Gasteiger partial charge in [0.05, 0.1) is 27.6 Å². The summed E-state index contributed by atoms with van der Waals surface area (Å²) in [5.74, 6) is -1.18. The molecule has 33 heavy (non-hydrogen) atoms. The van der Waals surface area contributed by atoms with Gasteiger partial charge in [-0.1, -0.05) is 36.4 Å². The standard InChI is InChI=1S/C25H20N2O5S/c1-2-32-25(29)23-22(17-27(26-23)19-9-5-3-6-10-19)24(28)18-13-15-21(16-14-18)33(30,31)20-11-7-4-8-12-20/h3-17H,2H2,1H3. The van der Waals surface area contributed by atoms with Crippen molar-refractivity contribution in [3.05, 3.63) is 108 Å². The minimum atomic E-state index is -3.71. The summed E-state index contributed by atoms with van der Waals surface area (Å²) < 4.78 is 32.1. The van der Waals surface area contributed by atoms with Gasteiger partial charge in [-0.15, -0.1) is 0 Å². The molecular weight excluding hydrogens is 440 g/mol. The molecule has 4 rings (SSSR count). The zero-order valence-corrected chi connectivity index (χ0v) is 18.5. The molecular formula is C25H20N2O5S. The summed E-state index contributed by atoms with van der Waals surface area (Å²) in [5, 5.41) is 4.27. The molecule has 0 N–H and O–H groups in total. The molecule has 1 aromatic heterocycles. The Hall–Kier alpha value is -4.04. The largest absolute Gasteiger partial charge is 0.461 e. The van der Waals surface area contributed by atoms with Crippen LogP contribution in [0.1, 0.15) is 33.3 Å². The van der Waals surface area contributed by atoms with Crippen molar-refractivity contribution in [2.45, 2.75) is 16.7 Å². The number of nitrogens with zero attached hydrogens (tertiary/aromatic N) is 2. The average Bonchev–Trinajstić information content (AvgIpc) is 3.31. The molecule has 0 fully saturated rings. The number of sulfone groups is 1. The first-order chi connectivity index (χ1) is 15.9. The summed E-state index contributed by atoms with van der Waals surface area (Å²) in [4.78, 5) is 25.9. The van der Waals surface area contributed by atoms with Gasteiger partial charge in [0, 0.05) is 11.8 Å². The Morgan fingerprint density at radius 2 is 1.42 bits per heavy atom. The molecule has 166 valence electrons. The van der Waals surface area contributed by atoms with E-state index < -0.39 is 21.6 Å². The van der Waals surface area contributed by atoms with E-state index in [9.17, 15) is 18.0 Å². The quantitative estimate of drug-likeness (QED) is 0.304. The summed E-state index contributed by atoms with van der Waals surface area (Å²) >= 11 is 0. The number of ether oxygens (including phenoxy) is 1. The van der Waals surface area contributed by atoms with Gasteiger partial charge in [-0.05, 0) is 55.5 Å². The molecule has 4 aromatic rings. The number of ketones is 1. The second-order valence-corrected chi connectivity index (χ2v) is 9.01. The molecule has 0 spiro atoms. The first kappa shape index (κ1) is 22.2. The highest BCUT2D eigenvalue weighted by atomic mass is 32.2. The lowest BCUT2D eigenvalue weighted by Gasteiger charge is -2.06. The Morgan fingerprint density at radius 1 is 0.848 bits per heavy atom. The van der Waals surface area contributed by atoms with Crippen molar-refractivity contribution in [3.63, 3.8) is 0 Å². The van der Waals surface area contributed by atoms with Crippen LogP contribution in [0.4, 0.5) is 0 Å². The number of benzene rings is 3. The predicted octanol–water partition coefficient (Wildman–Crippen LogP) is 4.11. The third-order valence-corrected chi connectivity index (χ3v) is 6.71. The Bertz CT molecular complexity index is 1390. The first-order valence-electron chi connectivity index (χ1n) is 10.2. The van der Waals surface area contributed by atoms with Crippen LogP contribution < -0.4 is 0 Å². The van der Waals surface area contributed by atoms with Gasteiger partial charge in [0.1, 0.15) is 0 Å². The molecule has 0 amide bonds. The number of para-hydroxylation sites is 1. The maximum atomic E-state index is 13.2. The summed E-state index contributed by atoms with van der Waals surface area (Å²) in [6.07, 6.45) is 1.47. The number of hydrogen-bond acceptors (Lipinski definition) is 6. The summed E-state index contributed by atoms with van der Waals surface area (Å²) in [6.45, 7) is 1.80. The molecule has 0 atom stereocenters. The normalized spacial score (nSPS) is 11.2. The molecule has 1 heterocycles. The fraction of sp³-hybridized carbons (Fsp3) is 0.0800. The third kappa shape index (κ3) is 4.47. The number of rotatable bonds is 7. The maximum absolute atomic E-state index is 13.2. The van der Waals surface area contributed by atoms with Crippen molar-refractivity contribution in [2.75, 3.05) is 6.61 Å². The third-order valence-electron chi connectivity index (χ3n) is 4.93. The van der Waals surface area contributed by atoms with E-state index in [2.05, 4.69) is 5.10 Å². The van der Waals surface area contributed by atoms with Gasteiger partial charge in [0.15, 0.2) is 11.5 Å². The van der Waals surface area contributed by atoms with Crippen LogP contribution in [-0.2, 0) is 14.6 Å². The molecule has 7 nitrogen and oxygen atoms in total. The molecule has 0 aliphatic carbocycles. The van der Waals surface area contributed by atoms with Crippen molar-refractivity contribution in [2.24, 2.45) is 0 Å². The highest BCUT2D eigenvalue weighted by Crippen LogP contribution is 2.23.